The summed E-state index contributed by atoms with van der Waals surface area (Å²) in [5.41, 5.74) is 2.93. The third kappa shape index (κ3) is 7.45. The van der Waals surface area contributed by atoms with Crippen molar-refractivity contribution >= 4 is 29.9 Å². The van der Waals surface area contributed by atoms with Crippen LogP contribution in [-0.4, -0.2) is 57.1 Å². The van der Waals surface area contributed by atoms with Crippen molar-refractivity contribution in [3.8, 4) is 0 Å². The molecule has 2 amide bonds. The fourth-order valence-electron chi connectivity index (χ4n) is 1.88. The number of nitrogens with one attached hydrogen (secondary N) is 2. The van der Waals surface area contributed by atoms with Gasteiger partial charge in [0.25, 0.3) is 0 Å². The largest absolute Gasteiger partial charge is 0.383 e. The minimum atomic E-state index is -0.207. The number of methoxy groups -OCH3 is 1. The molecule has 130 valence electrons. The van der Waals surface area contributed by atoms with Crippen LogP contribution in [0.15, 0.2) is 18.2 Å². The molecule has 1 rings (SSSR count). The number of carbonyl (C=O) groups is 2. The molecule has 0 heterocycles. The highest BCUT2D eigenvalue weighted by molar-refractivity contribution is 5.95. The van der Waals surface area contributed by atoms with Gasteiger partial charge >= 0.3 is 0 Å². The summed E-state index contributed by atoms with van der Waals surface area (Å²) < 4.78 is 4.88. The number of benzene rings is 1. The van der Waals surface area contributed by atoms with Crippen molar-refractivity contribution < 1.29 is 14.3 Å². The van der Waals surface area contributed by atoms with Crippen molar-refractivity contribution in [1.82, 2.24) is 10.2 Å². The Labute approximate surface area is 144 Å². The molecule has 0 saturated carbocycles. The summed E-state index contributed by atoms with van der Waals surface area (Å²) >= 11 is 0. The fourth-order valence-corrected chi connectivity index (χ4v) is 1.88. The van der Waals surface area contributed by atoms with Crippen LogP contribution >= 0.6 is 12.4 Å². The number of hydrogen-bond acceptors (Lipinski definition) is 4. The second-order valence-corrected chi connectivity index (χ2v) is 5.22. The lowest BCUT2D eigenvalue weighted by molar-refractivity contribution is -0.132. The first-order chi connectivity index (χ1) is 10.5. The fraction of sp³-hybridized carbons (Fsp3) is 0.500. The third-order valence-electron chi connectivity index (χ3n) is 3.44. The summed E-state index contributed by atoms with van der Waals surface area (Å²) in [5.74, 6) is -0.339. The summed E-state index contributed by atoms with van der Waals surface area (Å²) in [4.78, 5) is 25.3. The van der Waals surface area contributed by atoms with Crippen LogP contribution in [0.5, 0.6) is 0 Å². The van der Waals surface area contributed by atoms with Gasteiger partial charge in [-0.15, -0.1) is 12.4 Å². The standard InChI is InChI=1S/C16H25N3O3.ClH/c1-12-6-5-7-14(13(12)2)18-15(20)11-19(3)16(21)10-17-8-9-22-4;/h5-7,17H,8-11H2,1-4H3,(H,18,20);1H. The number of halogens is 1. The van der Waals surface area contributed by atoms with E-state index in [2.05, 4.69) is 10.6 Å². The van der Waals surface area contributed by atoms with Crippen molar-refractivity contribution in [2.24, 2.45) is 0 Å². The van der Waals surface area contributed by atoms with E-state index in [9.17, 15) is 9.59 Å². The number of hydrogen-bond donors (Lipinski definition) is 2. The number of anilines is 1. The first-order valence-electron chi connectivity index (χ1n) is 7.25. The highest BCUT2D eigenvalue weighted by Gasteiger charge is 2.13. The van der Waals surface area contributed by atoms with E-state index in [0.29, 0.717) is 13.2 Å². The normalized spacial score (nSPS) is 9.91. The van der Waals surface area contributed by atoms with Gasteiger partial charge in [-0.2, -0.15) is 0 Å². The molecule has 0 aliphatic carbocycles. The van der Waals surface area contributed by atoms with E-state index in [0.717, 1.165) is 16.8 Å². The van der Waals surface area contributed by atoms with Gasteiger partial charge < -0.3 is 20.3 Å². The maximum absolute atomic E-state index is 12.0. The van der Waals surface area contributed by atoms with Gasteiger partial charge in [0.15, 0.2) is 0 Å². The Balaban J connectivity index is 0.00000484. The number of likely N-dealkylation sites (N-methyl/N-ethyl adjacent to an activating group) is 1. The lowest BCUT2D eigenvalue weighted by atomic mass is 10.1. The molecular weight excluding hydrogens is 318 g/mol. The van der Waals surface area contributed by atoms with E-state index in [1.807, 2.05) is 32.0 Å². The van der Waals surface area contributed by atoms with Crippen molar-refractivity contribution in [3.63, 3.8) is 0 Å². The number of ether oxygens (including phenoxy) is 1. The summed E-state index contributed by atoms with van der Waals surface area (Å²) in [6.45, 7) is 5.32. The smallest absolute Gasteiger partial charge is 0.243 e. The number of nitrogens with zero attached hydrogens (tertiary/aromatic N) is 1. The maximum atomic E-state index is 12.0. The Kier molecular flexibility index (Phi) is 10.2. The predicted molar refractivity (Wildman–Crippen MR) is 94.2 cm³/mol. The number of rotatable bonds is 8. The molecule has 0 aliphatic rings. The highest BCUT2D eigenvalue weighted by Crippen LogP contribution is 2.17. The van der Waals surface area contributed by atoms with Crippen LogP contribution in [0.4, 0.5) is 5.69 Å². The van der Waals surface area contributed by atoms with Crippen molar-refractivity contribution in [2.75, 3.05) is 45.7 Å². The summed E-state index contributed by atoms with van der Waals surface area (Å²) in [6, 6.07) is 5.74. The summed E-state index contributed by atoms with van der Waals surface area (Å²) in [5, 5.41) is 5.80. The molecule has 0 spiro atoms. The van der Waals surface area contributed by atoms with Gasteiger partial charge in [0.2, 0.25) is 11.8 Å². The van der Waals surface area contributed by atoms with Crippen LogP contribution in [0.25, 0.3) is 0 Å². The molecule has 7 heteroatoms. The molecule has 1 aromatic rings. The van der Waals surface area contributed by atoms with Crippen molar-refractivity contribution in [2.45, 2.75) is 13.8 Å². The Hall–Kier alpha value is -1.63. The van der Waals surface area contributed by atoms with Gasteiger partial charge in [-0.3, -0.25) is 9.59 Å². The Bertz CT molecular complexity index is 523. The van der Waals surface area contributed by atoms with Crippen molar-refractivity contribution in [1.29, 1.82) is 0 Å². The Morgan fingerprint density at radius 1 is 1.26 bits per heavy atom. The topological polar surface area (TPSA) is 70.7 Å². The molecule has 0 bridgehead atoms. The Morgan fingerprint density at radius 3 is 2.61 bits per heavy atom. The van der Waals surface area contributed by atoms with Crippen LogP contribution < -0.4 is 10.6 Å². The first-order valence-corrected chi connectivity index (χ1v) is 7.25. The number of amides is 2. The van der Waals surface area contributed by atoms with Crippen LogP contribution in [0.3, 0.4) is 0 Å². The zero-order valence-electron chi connectivity index (χ0n) is 14.1. The van der Waals surface area contributed by atoms with Gasteiger partial charge in [-0.1, -0.05) is 12.1 Å². The van der Waals surface area contributed by atoms with Gasteiger partial charge in [-0.25, -0.2) is 0 Å². The molecule has 0 aromatic heterocycles. The molecule has 0 aliphatic heterocycles. The van der Waals surface area contributed by atoms with Gasteiger partial charge in [0.05, 0.1) is 19.7 Å². The number of carbonyl (C=O) groups excluding carboxylic acids is 2. The van der Waals surface area contributed by atoms with E-state index in [1.54, 1.807) is 14.2 Å². The molecule has 0 saturated heterocycles. The molecule has 0 atom stereocenters. The maximum Gasteiger partial charge on any atom is 0.243 e. The SMILES string of the molecule is COCCNCC(=O)N(C)CC(=O)Nc1cccc(C)c1C.Cl. The lowest BCUT2D eigenvalue weighted by Gasteiger charge is -2.18. The van der Waals surface area contributed by atoms with Crippen LogP contribution in [-0.2, 0) is 14.3 Å². The van der Waals surface area contributed by atoms with E-state index in [-0.39, 0.29) is 37.3 Å². The first kappa shape index (κ1) is 21.4. The average molecular weight is 344 g/mol. The number of aryl methyl sites for hydroxylation is 1. The highest BCUT2D eigenvalue weighted by atomic mass is 35.5. The monoisotopic (exact) mass is 343 g/mol. The minimum Gasteiger partial charge on any atom is -0.383 e. The second kappa shape index (κ2) is 11.0. The van der Waals surface area contributed by atoms with Crippen LogP contribution in [0.1, 0.15) is 11.1 Å². The van der Waals surface area contributed by atoms with Crippen LogP contribution in [0, 0.1) is 13.8 Å². The molecule has 0 radical (unpaired) electrons. The molecule has 23 heavy (non-hydrogen) atoms. The average Bonchev–Trinajstić information content (AvgIpc) is 2.48. The predicted octanol–water partition coefficient (Wildman–Crippen LogP) is 1.36. The molecular formula is C16H26ClN3O3. The quantitative estimate of drug-likeness (QED) is 0.699. The van der Waals surface area contributed by atoms with E-state index >= 15 is 0 Å². The van der Waals surface area contributed by atoms with E-state index in [1.165, 1.54) is 4.90 Å². The molecule has 1 aromatic carbocycles. The van der Waals surface area contributed by atoms with Crippen LogP contribution in [0.2, 0.25) is 0 Å². The Morgan fingerprint density at radius 2 is 1.96 bits per heavy atom. The van der Waals surface area contributed by atoms with E-state index < -0.39 is 0 Å². The summed E-state index contributed by atoms with van der Waals surface area (Å²) in [7, 11) is 3.22. The van der Waals surface area contributed by atoms with Crippen molar-refractivity contribution in [3.05, 3.63) is 29.3 Å². The molecule has 6 nitrogen and oxygen atoms in total. The molecule has 0 fully saturated rings. The van der Waals surface area contributed by atoms with Gasteiger partial charge in [0.1, 0.15) is 0 Å². The zero-order valence-corrected chi connectivity index (χ0v) is 15.0. The lowest BCUT2D eigenvalue weighted by Crippen LogP contribution is -2.40. The third-order valence-corrected chi connectivity index (χ3v) is 3.44. The van der Waals surface area contributed by atoms with Gasteiger partial charge in [-0.05, 0) is 31.0 Å². The van der Waals surface area contributed by atoms with Gasteiger partial charge in [0, 0.05) is 26.4 Å². The van der Waals surface area contributed by atoms with E-state index in [4.69, 9.17) is 4.74 Å². The summed E-state index contributed by atoms with van der Waals surface area (Å²) in [6.07, 6.45) is 0. The minimum absolute atomic E-state index is 0. The molecule has 2 N–H and O–H groups in total. The molecule has 0 unspecified atom stereocenters. The second-order valence-electron chi connectivity index (χ2n) is 5.22. The zero-order chi connectivity index (χ0) is 16.5.